The van der Waals surface area contributed by atoms with E-state index in [1.165, 1.54) is 13.2 Å². The Morgan fingerprint density at radius 2 is 1.96 bits per heavy atom. The highest BCUT2D eigenvalue weighted by molar-refractivity contribution is 5.91. The lowest BCUT2D eigenvalue weighted by atomic mass is 9.99. The lowest BCUT2D eigenvalue weighted by molar-refractivity contribution is -0.302. The molecule has 1 atom stereocenters. The highest BCUT2D eigenvalue weighted by Gasteiger charge is 2.63. The Kier molecular flexibility index (Phi) is 5.80. The number of carbonyl (C=O) groups is 1. The van der Waals surface area contributed by atoms with Crippen LogP contribution in [0.2, 0.25) is 0 Å². The van der Waals surface area contributed by atoms with Crippen LogP contribution in [0.1, 0.15) is 26.7 Å². The van der Waals surface area contributed by atoms with Crippen LogP contribution in [0.3, 0.4) is 0 Å². The van der Waals surface area contributed by atoms with Crippen molar-refractivity contribution >= 4 is 11.6 Å². The summed E-state index contributed by atoms with van der Waals surface area (Å²) in [5.41, 5.74) is -3.25. The first-order chi connectivity index (χ1) is 12.1. The average Bonchev–Trinajstić information content (AvgIpc) is 2.89. The van der Waals surface area contributed by atoms with Crippen molar-refractivity contribution in [2.24, 2.45) is 11.0 Å². The van der Waals surface area contributed by atoms with Crippen molar-refractivity contribution in [1.82, 2.24) is 5.01 Å². The van der Waals surface area contributed by atoms with Crippen LogP contribution in [-0.4, -0.2) is 47.4 Å². The van der Waals surface area contributed by atoms with E-state index in [-0.39, 0.29) is 28.8 Å². The van der Waals surface area contributed by atoms with Gasteiger partial charge in [-0.15, -0.1) is 0 Å². The van der Waals surface area contributed by atoms with Gasteiger partial charge in [-0.3, -0.25) is 4.79 Å². The van der Waals surface area contributed by atoms with Gasteiger partial charge in [0.2, 0.25) is 0 Å². The van der Waals surface area contributed by atoms with E-state index < -0.39 is 30.8 Å². The molecule has 26 heavy (non-hydrogen) atoms. The summed E-state index contributed by atoms with van der Waals surface area (Å²) in [6.45, 7) is 2.89. The molecule has 0 radical (unpaired) electrons. The van der Waals surface area contributed by atoms with Crippen LogP contribution >= 0.6 is 0 Å². The second-order valence-electron chi connectivity index (χ2n) is 6.40. The Bertz CT molecular complexity index is 691. The third kappa shape index (κ3) is 4.09. The van der Waals surface area contributed by atoms with E-state index >= 15 is 0 Å². The maximum absolute atomic E-state index is 13.4. The lowest BCUT2D eigenvalue weighted by Crippen LogP contribution is -2.57. The molecule has 1 aromatic rings. The largest absolute Gasteiger partial charge is 0.493 e. The van der Waals surface area contributed by atoms with Crippen LogP contribution in [-0.2, 0) is 4.79 Å². The number of carbonyl (C=O) groups excluding carboxylic acids is 1. The van der Waals surface area contributed by atoms with Crippen molar-refractivity contribution in [2.45, 2.75) is 38.6 Å². The summed E-state index contributed by atoms with van der Waals surface area (Å²) in [4.78, 5) is 12.3. The monoisotopic (exact) mass is 374 g/mol. The third-order valence-electron chi connectivity index (χ3n) is 3.80. The third-order valence-corrected chi connectivity index (χ3v) is 3.80. The molecule has 1 amide bonds. The minimum Gasteiger partial charge on any atom is -0.493 e. The molecular formula is C17H21F3N2O4. The molecular weight excluding hydrogens is 353 g/mol. The second-order valence-corrected chi connectivity index (χ2v) is 6.40. The van der Waals surface area contributed by atoms with E-state index in [0.29, 0.717) is 5.75 Å². The van der Waals surface area contributed by atoms with Crippen molar-refractivity contribution in [3.8, 4) is 11.5 Å². The predicted molar refractivity (Wildman–Crippen MR) is 87.8 cm³/mol. The number of rotatable bonds is 6. The van der Waals surface area contributed by atoms with Gasteiger partial charge in [-0.2, -0.15) is 23.3 Å². The summed E-state index contributed by atoms with van der Waals surface area (Å²) in [5.74, 6) is -0.540. The summed E-state index contributed by atoms with van der Waals surface area (Å²) in [7, 11) is 1.40. The number of para-hydroxylation sites is 2. The minimum atomic E-state index is -5.05. The van der Waals surface area contributed by atoms with Crippen molar-refractivity contribution in [2.75, 3.05) is 13.7 Å². The van der Waals surface area contributed by atoms with Crippen LogP contribution in [0.25, 0.3) is 0 Å². The zero-order valence-corrected chi connectivity index (χ0v) is 14.7. The molecule has 1 aliphatic heterocycles. The fraction of sp³-hybridized carbons (Fsp3) is 0.529. The van der Waals surface area contributed by atoms with Gasteiger partial charge in [-0.05, 0) is 24.5 Å². The topological polar surface area (TPSA) is 71.4 Å². The molecule has 0 aromatic heterocycles. The molecule has 144 valence electrons. The number of hydrogen-bond donors (Lipinski definition) is 1. The number of alkyl halides is 3. The number of hydrogen-bond acceptors (Lipinski definition) is 5. The molecule has 1 N–H and O–H groups in total. The number of aliphatic hydroxyl groups is 1. The van der Waals surface area contributed by atoms with Gasteiger partial charge in [0.05, 0.1) is 7.11 Å². The molecule has 2 rings (SSSR count). The van der Waals surface area contributed by atoms with E-state index in [4.69, 9.17) is 9.47 Å². The summed E-state index contributed by atoms with van der Waals surface area (Å²) in [6, 6.07) is 6.40. The van der Waals surface area contributed by atoms with Gasteiger partial charge in [0.15, 0.2) is 18.1 Å². The first-order valence-corrected chi connectivity index (χ1v) is 8.03. The Labute approximate surface area is 149 Å². The maximum atomic E-state index is 13.4. The maximum Gasteiger partial charge on any atom is 0.438 e. The van der Waals surface area contributed by atoms with E-state index in [1.54, 1.807) is 18.2 Å². The lowest BCUT2D eigenvalue weighted by Gasteiger charge is -2.32. The standard InChI is InChI=1S/C17H21F3N2O4/c1-11(2)8-12-9-16(24,17(18,19)20)22(21-12)15(23)10-26-14-7-5-4-6-13(14)25-3/h4-7,11,24H,8-10H2,1-3H3/t16-/m0/s1. The zero-order chi connectivity index (χ0) is 19.5. The molecule has 0 unspecified atom stereocenters. The highest BCUT2D eigenvalue weighted by atomic mass is 19.4. The number of methoxy groups -OCH3 is 1. The summed E-state index contributed by atoms with van der Waals surface area (Å²) in [6.07, 6.45) is -5.57. The summed E-state index contributed by atoms with van der Waals surface area (Å²) < 4.78 is 50.4. The molecule has 1 heterocycles. The number of ether oxygens (including phenoxy) is 2. The van der Waals surface area contributed by atoms with E-state index in [0.717, 1.165) is 0 Å². The Morgan fingerprint density at radius 1 is 1.35 bits per heavy atom. The van der Waals surface area contributed by atoms with Crippen LogP contribution in [0, 0.1) is 5.92 Å². The molecule has 0 aliphatic carbocycles. The molecule has 0 fully saturated rings. The second kappa shape index (κ2) is 7.53. The van der Waals surface area contributed by atoms with E-state index in [2.05, 4.69) is 5.10 Å². The fourth-order valence-corrected chi connectivity index (χ4v) is 2.62. The number of hydrazone groups is 1. The number of benzene rings is 1. The fourth-order valence-electron chi connectivity index (χ4n) is 2.62. The number of halogens is 3. The van der Waals surface area contributed by atoms with Gasteiger partial charge in [0.25, 0.3) is 11.6 Å². The van der Waals surface area contributed by atoms with Gasteiger partial charge >= 0.3 is 6.18 Å². The Balaban J connectivity index is 2.19. The normalized spacial score (nSPS) is 20.3. The molecule has 6 nitrogen and oxygen atoms in total. The SMILES string of the molecule is COc1ccccc1OCC(=O)N1N=C(CC(C)C)C[C@]1(O)C(F)(F)F. The molecule has 1 aliphatic rings. The average molecular weight is 374 g/mol. The summed E-state index contributed by atoms with van der Waals surface area (Å²) >= 11 is 0. The molecule has 9 heteroatoms. The molecule has 0 spiro atoms. The van der Waals surface area contributed by atoms with Gasteiger partial charge in [0, 0.05) is 12.1 Å². The first-order valence-electron chi connectivity index (χ1n) is 8.03. The quantitative estimate of drug-likeness (QED) is 0.831. The number of amides is 1. The molecule has 1 aromatic carbocycles. The van der Waals surface area contributed by atoms with Crippen molar-refractivity contribution in [3.05, 3.63) is 24.3 Å². The van der Waals surface area contributed by atoms with Crippen LogP contribution in [0.15, 0.2) is 29.4 Å². The van der Waals surface area contributed by atoms with Crippen LogP contribution < -0.4 is 9.47 Å². The van der Waals surface area contributed by atoms with Crippen molar-refractivity contribution in [1.29, 1.82) is 0 Å². The van der Waals surface area contributed by atoms with Crippen molar-refractivity contribution in [3.63, 3.8) is 0 Å². The molecule has 0 bridgehead atoms. The zero-order valence-electron chi connectivity index (χ0n) is 14.7. The van der Waals surface area contributed by atoms with Gasteiger partial charge in [0.1, 0.15) is 0 Å². The predicted octanol–water partition coefficient (Wildman–Crippen LogP) is 2.96. The Morgan fingerprint density at radius 3 is 2.50 bits per heavy atom. The van der Waals surface area contributed by atoms with Crippen LogP contribution in [0.5, 0.6) is 11.5 Å². The minimum absolute atomic E-state index is 0.0334. The van der Waals surface area contributed by atoms with E-state index in [1.807, 2.05) is 13.8 Å². The Hall–Kier alpha value is -2.29. The smallest absolute Gasteiger partial charge is 0.438 e. The van der Waals surface area contributed by atoms with Gasteiger partial charge in [-0.25, -0.2) is 0 Å². The summed E-state index contributed by atoms with van der Waals surface area (Å²) in [5, 5.41) is 13.9. The van der Waals surface area contributed by atoms with Crippen molar-refractivity contribution < 1.29 is 32.5 Å². The van der Waals surface area contributed by atoms with Gasteiger partial charge in [-0.1, -0.05) is 26.0 Å². The first kappa shape index (κ1) is 20.0. The van der Waals surface area contributed by atoms with E-state index in [9.17, 15) is 23.1 Å². The molecule has 0 saturated carbocycles. The number of nitrogens with zero attached hydrogens (tertiary/aromatic N) is 2. The highest BCUT2D eigenvalue weighted by Crippen LogP contribution is 2.41. The van der Waals surface area contributed by atoms with Gasteiger partial charge < -0.3 is 14.6 Å². The molecule has 0 saturated heterocycles. The van der Waals surface area contributed by atoms with Crippen LogP contribution in [0.4, 0.5) is 13.2 Å².